The van der Waals surface area contributed by atoms with Crippen LogP contribution in [0.3, 0.4) is 0 Å². The first kappa shape index (κ1) is 6.83. The van der Waals surface area contributed by atoms with Gasteiger partial charge in [0.15, 0.2) is 0 Å². The molecule has 0 bridgehead atoms. The molecular formula is C5H8ClNO2. The lowest BCUT2D eigenvalue weighted by molar-refractivity contribution is -0.145. The number of hydrogen-bond acceptors (Lipinski definition) is 2. The minimum Gasteiger partial charge on any atom is -0.481 e. The Hall–Kier alpha value is -0.280. The van der Waals surface area contributed by atoms with Gasteiger partial charge >= 0.3 is 5.97 Å². The molecule has 1 aliphatic carbocycles. The molecule has 0 aromatic carbocycles. The van der Waals surface area contributed by atoms with Crippen LogP contribution in [0.25, 0.3) is 0 Å². The highest BCUT2D eigenvalue weighted by Gasteiger charge is 2.33. The lowest BCUT2D eigenvalue weighted by atomic mass is 9.81. The molecule has 1 rings (SSSR count). The Bertz CT molecular complexity index is 122. The van der Waals surface area contributed by atoms with Crippen LogP contribution in [0.2, 0.25) is 0 Å². The van der Waals surface area contributed by atoms with Gasteiger partial charge in [0.05, 0.1) is 5.92 Å². The van der Waals surface area contributed by atoms with E-state index in [1.165, 1.54) is 0 Å². The molecule has 0 radical (unpaired) electrons. The van der Waals surface area contributed by atoms with Crippen molar-refractivity contribution in [3.05, 3.63) is 0 Å². The van der Waals surface area contributed by atoms with Gasteiger partial charge in [-0.1, -0.05) is 0 Å². The molecule has 0 saturated heterocycles. The maximum absolute atomic E-state index is 10.2. The van der Waals surface area contributed by atoms with Crippen molar-refractivity contribution in [2.45, 2.75) is 18.9 Å². The Morgan fingerprint density at radius 1 is 1.67 bits per heavy atom. The number of carboxylic acids is 1. The van der Waals surface area contributed by atoms with Crippen LogP contribution < -0.4 is 4.84 Å². The van der Waals surface area contributed by atoms with E-state index in [9.17, 15) is 4.79 Å². The van der Waals surface area contributed by atoms with Crippen molar-refractivity contribution in [3.8, 4) is 0 Å². The van der Waals surface area contributed by atoms with E-state index in [0.717, 1.165) is 0 Å². The molecule has 2 N–H and O–H groups in total. The van der Waals surface area contributed by atoms with Crippen molar-refractivity contribution in [2.75, 3.05) is 0 Å². The summed E-state index contributed by atoms with van der Waals surface area (Å²) in [6.07, 6.45) is 1.33. The van der Waals surface area contributed by atoms with Gasteiger partial charge in [-0.2, -0.15) is 0 Å². The number of aliphatic carboxylic acids is 1. The Kier molecular flexibility index (Phi) is 1.93. The van der Waals surface area contributed by atoms with Crippen LogP contribution in [0.15, 0.2) is 0 Å². The van der Waals surface area contributed by atoms with Crippen molar-refractivity contribution in [1.29, 1.82) is 0 Å². The Morgan fingerprint density at radius 2 is 2.22 bits per heavy atom. The molecule has 52 valence electrons. The van der Waals surface area contributed by atoms with E-state index in [0.29, 0.717) is 12.8 Å². The van der Waals surface area contributed by atoms with Crippen LogP contribution in [0.5, 0.6) is 0 Å². The summed E-state index contributed by atoms with van der Waals surface area (Å²) in [6.45, 7) is 0. The van der Waals surface area contributed by atoms with Crippen LogP contribution in [-0.4, -0.2) is 17.1 Å². The molecule has 9 heavy (non-hydrogen) atoms. The van der Waals surface area contributed by atoms with Crippen LogP contribution >= 0.6 is 11.8 Å². The number of carboxylic acid groups (broad SMARTS) is 1. The number of rotatable bonds is 2. The molecule has 0 unspecified atom stereocenters. The lowest BCUT2D eigenvalue weighted by Gasteiger charge is -2.30. The highest BCUT2D eigenvalue weighted by atomic mass is 35.5. The number of carbonyl (C=O) groups is 1. The predicted octanol–water partition coefficient (Wildman–Crippen LogP) is 0.593. The minimum atomic E-state index is -0.710. The fourth-order valence-corrected chi connectivity index (χ4v) is 1.09. The van der Waals surface area contributed by atoms with Gasteiger partial charge in [0, 0.05) is 6.04 Å². The molecule has 1 aliphatic rings. The third-order valence-corrected chi connectivity index (χ3v) is 1.95. The number of halogens is 1. The number of nitrogens with one attached hydrogen (secondary N) is 1. The van der Waals surface area contributed by atoms with E-state index >= 15 is 0 Å². The smallest absolute Gasteiger partial charge is 0.306 e. The van der Waals surface area contributed by atoms with E-state index in [1.807, 2.05) is 0 Å². The zero-order chi connectivity index (χ0) is 6.85. The van der Waals surface area contributed by atoms with E-state index in [1.54, 1.807) is 0 Å². The summed E-state index contributed by atoms with van der Waals surface area (Å²) in [6, 6.07) is 0.216. The van der Waals surface area contributed by atoms with Crippen LogP contribution in [0.4, 0.5) is 0 Å². The molecule has 4 heteroatoms. The van der Waals surface area contributed by atoms with Gasteiger partial charge in [-0.25, -0.2) is 4.84 Å². The molecule has 3 nitrogen and oxygen atoms in total. The van der Waals surface area contributed by atoms with E-state index in [4.69, 9.17) is 16.9 Å². The molecule has 1 saturated carbocycles. The van der Waals surface area contributed by atoms with Crippen LogP contribution in [-0.2, 0) is 4.79 Å². The normalized spacial score (nSPS) is 33.4. The Morgan fingerprint density at radius 3 is 2.56 bits per heavy atom. The average molecular weight is 150 g/mol. The minimum absolute atomic E-state index is 0.166. The third kappa shape index (κ3) is 1.34. The van der Waals surface area contributed by atoms with Crippen molar-refractivity contribution in [1.82, 2.24) is 4.84 Å². The summed E-state index contributed by atoms with van der Waals surface area (Å²) in [7, 11) is 0. The Balaban J connectivity index is 2.19. The molecule has 0 amide bonds. The van der Waals surface area contributed by atoms with Crippen LogP contribution in [0.1, 0.15) is 12.8 Å². The molecule has 0 aromatic heterocycles. The van der Waals surface area contributed by atoms with E-state index in [-0.39, 0.29) is 12.0 Å². The molecule has 0 spiro atoms. The maximum Gasteiger partial charge on any atom is 0.306 e. The summed E-state index contributed by atoms with van der Waals surface area (Å²) in [5.74, 6) is -0.876. The maximum atomic E-state index is 10.2. The number of hydrogen-bond donors (Lipinski definition) is 2. The first-order chi connectivity index (χ1) is 4.24. The molecule has 1 fully saturated rings. The molecule has 0 atom stereocenters. The van der Waals surface area contributed by atoms with E-state index < -0.39 is 5.97 Å². The first-order valence-corrected chi connectivity index (χ1v) is 3.21. The van der Waals surface area contributed by atoms with Gasteiger partial charge in [-0.05, 0) is 24.6 Å². The lowest BCUT2D eigenvalue weighted by Crippen LogP contribution is -2.40. The standard InChI is InChI=1S/C5H8ClNO2/c6-7-4-1-3(2-4)5(8)9/h3-4,7H,1-2H2,(H,8,9)/t3-,4-. The average Bonchev–Trinajstić information content (AvgIpc) is 1.61. The topological polar surface area (TPSA) is 49.3 Å². The zero-order valence-corrected chi connectivity index (χ0v) is 5.56. The van der Waals surface area contributed by atoms with Gasteiger partial charge in [0.1, 0.15) is 0 Å². The molecule has 0 heterocycles. The predicted molar refractivity (Wildman–Crippen MR) is 33.1 cm³/mol. The summed E-state index contributed by atoms with van der Waals surface area (Å²) < 4.78 is 0. The molecule has 0 aromatic rings. The second-order valence-corrected chi connectivity index (χ2v) is 2.53. The van der Waals surface area contributed by atoms with Crippen LogP contribution in [0, 0.1) is 5.92 Å². The van der Waals surface area contributed by atoms with Gasteiger partial charge in [-0.15, -0.1) is 0 Å². The summed E-state index contributed by atoms with van der Waals surface area (Å²) in [5, 5.41) is 8.38. The molecular weight excluding hydrogens is 142 g/mol. The van der Waals surface area contributed by atoms with Crippen molar-refractivity contribution in [3.63, 3.8) is 0 Å². The first-order valence-electron chi connectivity index (χ1n) is 2.83. The van der Waals surface area contributed by atoms with Gasteiger partial charge < -0.3 is 5.11 Å². The summed E-state index contributed by atoms with van der Waals surface area (Å²) in [4.78, 5) is 12.7. The second-order valence-electron chi connectivity index (χ2n) is 2.31. The largest absolute Gasteiger partial charge is 0.481 e. The van der Waals surface area contributed by atoms with Gasteiger partial charge in [0.25, 0.3) is 0 Å². The molecule has 0 aliphatic heterocycles. The highest BCUT2D eigenvalue weighted by molar-refractivity contribution is 6.13. The summed E-state index contributed by atoms with van der Waals surface area (Å²) in [5.41, 5.74) is 0. The van der Waals surface area contributed by atoms with Crippen molar-refractivity contribution >= 4 is 17.7 Å². The van der Waals surface area contributed by atoms with Gasteiger partial charge in [-0.3, -0.25) is 4.79 Å². The SMILES string of the molecule is O=C(O)[C@H]1C[C@H](NCl)C1. The highest BCUT2D eigenvalue weighted by Crippen LogP contribution is 2.27. The third-order valence-electron chi connectivity index (χ3n) is 1.64. The second kappa shape index (κ2) is 2.54. The quantitative estimate of drug-likeness (QED) is 0.565. The van der Waals surface area contributed by atoms with Crippen molar-refractivity contribution < 1.29 is 9.90 Å². The van der Waals surface area contributed by atoms with E-state index in [2.05, 4.69) is 4.84 Å². The monoisotopic (exact) mass is 149 g/mol. The zero-order valence-electron chi connectivity index (χ0n) is 4.80. The fourth-order valence-electron chi connectivity index (χ4n) is 0.909. The van der Waals surface area contributed by atoms with Crippen molar-refractivity contribution in [2.24, 2.45) is 5.92 Å². The Labute approximate surface area is 58.1 Å². The van der Waals surface area contributed by atoms with Gasteiger partial charge in [0.2, 0.25) is 0 Å². The summed E-state index contributed by atoms with van der Waals surface area (Å²) >= 11 is 5.23. The fraction of sp³-hybridized carbons (Fsp3) is 0.800.